The highest BCUT2D eigenvalue weighted by molar-refractivity contribution is 7.98. The van der Waals surface area contributed by atoms with Crippen molar-refractivity contribution in [1.29, 1.82) is 0 Å². The van der Waals surface area contributed by atoms with Gasteiger partial charge in [-0.05, 0) is 24.6 Å². The van der Waals surface area contributed by atoms with Gasteiger partial charge in [0.1, 0.15) is 0 Å². The molecule has 0 unspecified atom stereocenters. The lowest BCUT2D eigenvalue weighted by Crippen LogP contribution is -2.08. The zero-order valence-corrected chi connectivity index (χ0v) is 11.3. The number of hydrogen-bond donors (Lipinski definition) is 1. The molecule has 0 saturated carbocycles. The molecule has 0 aliphatic heterocycles. The molecule has 0 bridgehead atoms. The number of aromatic amines is 1. The van der Waals surface area contributed by atoms with Crippen LogP contribution in [0.2, 0.25) is 0 Å². The fourth-order valence-electron chi connectivity index (χ4n) is 1.56. The van der Waals surface area contributed by atoms with Crippen LogP contribution >= 0.6 is 11.8 Å². The van der Waals surface area contributed by atoms with Crippen molar-refractivity contribution in [3.63, 3.8) is 0 Å². The number of benzene rings is 1. The third kappa shape index (κ3) is 3.86. The molecule has 106 valence electrons. The monoisotopic (exact) mass is 300 g/mol. The molecule has 20 heavy (non-hydrogen) atoms. The second kappa shape index (κ2) is 5.70. The van der Waals surface area contributed by atoms with Crippen molar-refractivity contribution in [3.8, 4) is 0 Å². The van der Waals surface area contributed by atoms with Gasteiger partial charge < -0.3 is 4.98 Å². The molecular formula is C13H11F3N2OS. The van der Waals surface area contributed by atoms with Crippen LogP contribution in [0.3, 0.4) is 0 Å². The number of thioether (sulfide) groups is 1. The molecular weight excluding hydrogens is 289 g/mol. The summed E-state index contributed by atoms with van der Waals surface area (Å²) in [5.74, 6) is 0.435. The number of alkyl halides is 3. The van der Waals surface area contributed by atoms with Crippen LogP contribution in [0.25, 0.3) is 0 Å². The molecule has 0 amide bonds. The van der Waals surface area contributed by atoms with E-state index in [4.69, 9.17) is 0 Å². The molecule has 0 aliphatic rings. The van der Waals surface area contributed by atoms with Crippen LogP contribution in [0.1, 0.15) is 16.8 Å². The maximum absolute atomic E-state index is 12.4. The van der Waals surface area contributed by atoms with E-state index >= 15 is 0 Å². The number of halogens is 3. The Hall–Kier alpha value is -1.76. The Bertz CT molecular complexity index is 650. The normalized spacial score (nSPS) is 11.6. The maximum Gasteiger partial charge on any atom is 0.416 e. The largest absolute Gasteiger partial charge is 0.416 e. The fourth-order valence-corrected chi connectivity index (χ4v) is 2.44. The summed E-state index contributed by atoms with van der Waals surface area (Å²) in [5, 5.41) is 0.454. The lowest BCUT2D eigenvalue weighted by atomic mass is 10.1. The number of rotatable bonds is 3. The molecule has 1 aromatic heterocycles. The number of nitrogens with zero attached hydrogens (tertiary/aromatic N) is 1. The van der Waals surface area contributed by atoms with E-state index in [1.807, 2.05) is 0 Å². The van der Waals surface area contributed by atoms with Crippen LogP contribution in [0, 0.1) is 6.92 Å². The Labute approximate surface area is 117 Å². The maximum atomic E-state index is 12.4. The predicted molar refractivity (Wildman–Crippen MR) is 70.6 cm³/mol. The Morgan fingerprint density at radius 2 is 1.90 bits per heavy atom. The van der Waals surface area contributed by atoms with Crippen molar-refractivity contribution in [2.24, 2.45) is 0 Å². The summed E-state index contributed by atoms with van der Waals surface area (Å²) in [4.78, 5) is 17.9. The van der Waals surface area contributed by atoms with E-state index < -0.39 is 11.7 Å². The van der Waals surface area contributed by atoms with Crippen LogP contribution in [0.4, 0.5) is 13.2 Å². The van der Waals surface area contributed by atoms with Crippen LogP contribution in [-0.4, -0.2) is 9.97 Å². The van der Waals surface area contributed by atoms with E-state index in [1.165, 1.54) is 30.0 Å². The van der Waals surface area contributed by atoms with Gasteiger partial charge in [-0.3, -0.25) is 4.79 Å². The minimum atomic E-state index is -4.32. The number of aromatic nitrogens is 2. The summed E-state index contributed by atoms with van der Waals surface area (Å²) in [5.41, 5.74) is 0.414. The van der Waals surface area contributed by atoms with Crippen LogP contribution in [0.5, 0.6) is 0 Å². The van der Waals surface area contributed by atoms with E-state index in [0.29, 0.717) is 16.6 Å². The quantitative estimate of drug-likeness (QED) is 0.698. The van der Waals surface area contributed by atoms with Crippen molar-refractivity contribution >= 4 is 11.8 Å². The van der Waals surface area contributed by atoms with Gasteiger partial charge in [-0.15, -0.1) is 0 Å². The Kier molecular flexibility index (Phi) is 4.17. The van der Waals surface area contributed by atoms with Crippen molar-refractivity contribution in [2.45, 2.75) is 24.0 Å². The highest BCUT2D eigenvalue weighted by Gasteiger charge is 2.29. The van der Waals surface area contributed by atoms with E-state index in [1.54, 1.807) is 6.92 Å². The first-order valence-corrected chi connectivity index (χ1v) is 6.70. The molecule has 0 radical (unpaired) electrons. The fraction of sp³-hybridized carbons (Fsp3) is 0.231. The third-order valence-corrected chi connectivity index (χ3v) is 3.45. The molecule has 1 aromatic carbocycles. The summed E-state index contributed by atoms with van der Waals surface area (Å²) < 4.78 is 37.2. The zero-order chi connectivity index (χ0) is 14.8. The van der Waals surface area contributed by atoms with E-state index in [2.05, 4.69) is 9.97 Å². The smallest absolute Gasteiger partial charge is 0.301 e. The molecule has 7 heteroatoms. The van der Waals surface area contributed by atoms with E-state index in [9.17, 15) is 18.0 Å². The second-order valence-electron chi connectivity index (χ2n) is 4.18. The SMILES string of the molecule is Cc1cc(=O)[nH]c(SCc2ccc(C(F)(F)F)cc2)n1. The lowest BCUT2D eigenvalue weighted by Gasteiger charge is -2.07. The molecule has 3 nitrogen and oxygen atoms in total. The first kappa shape index (κ1) is 14.6. The van der Waals surface area contributed by atoms with Gasteiger partial charge in [0.2, 0.25) is 0 Å². The second-order valence-corrected chi connectivity index (χ2v) is 5.14. The zero-order valence-electron chi connectivity index (χ0n) is 10.5. The summed E-state index contributed by atoms with van der Waals surface area (Å²) in [6.07, 6.45) is -4.32. The van der Waals surface area contributed by atoms with Gasteiger partial charge in [0, 0.05) is 17.5 Å². The average Bonchev–Trinajstić information content (AvgIpc) is 2.35. The summed E-state index contributed by atoms with van der Waals surface area (Å²) in [7, 11) is 0. The number of H-pyrrole nitrogens is 1. The van der Waals surface area contributed by atoms with Crippen LogP contribution in [-0.2, 0) is 11.9 Å². The van der Waals surface area contributed by atoms with Crippen molar-refractivity contribution in [2.75, 3.05) is 0 Å². The highest BCUT2D eigenvalue weighted by Crippen LogP contribution is 2.29. The van der Waals surface area contributed by atoms with Gasteiger partial charge in [-0.1, -0.05) is 23.9 Å². The summed E-state index contributed by atoms with van der Waals surface area (Å²) in [6, 6.07) is 6.31. The van der Waals surface area contributed by atoms with Gasteiger partial charge >= 0.3 is 6.18 Å². The number of nitrogens with one attached hydrogen (secondary N) is 1. The van der Waals surface area contributed by atoms with Gasteiger partial charge in [-0.25, -0.2) is 4.98 Å². The Morgan fingerprint density at radius 1 is 1.25 bits per heavy atom. The van der Waals surface area contributed by atoms with Crippen molar-refractivity contribution < 1.29 is 13.2 Å². The predicted octanol–water partition coefficient (Wildman–Crippen LogP) is 3.39. The van der Waals surface area contributed by atoms with Gasteiger partial charge in [0.05, 0.1) is 5.56 Å². The minimum absolute atomic E-state index is 0.243. The molecule has 1 heterocycles. The Balaban J connectivity index is 2.06. The van der Waals surface area contributed by atoms with Gasteiger partial charge in [-0.2, -0.15) is 13.2 Å². The van der Waals surface area contributed by atoms with E-state index in [-0.39, 0.29) is 5.56 Å². The summed E-state index contributed by atoms with van der Waals surface area (Å²) >= 11 is 1.27. The highest BCUT2D eigenvalue weighted by atomic mass is 32.2. The third-order valence-electron chi connectivity index (χ3n) is 2.50. The number of aryl methyl sites for hydroxylation is 1. The molecule has 2 aromatic rings. The van der Waals surface area contributed by atoms with Gasteiger partial charge in [0.15, 0.2) is 5.16 Å². The molecule has 0 fully saturated rings. The molecule has 0 aliphatic carbocycles. The minimum Gasteiger partial charge on any atom is -0.301 e. The molecule has 0 spiro atoms. The topological polar surface area (TPSA) is 45.8 Å². The first-order valence-electron chi connectivity index (χ1n) is 5.71. The molecule has 0 atom stereocenters. The summed E-state index contributed by atoms with van der Waals surface area (Å²) in [6.45, 7) is 1.71. The van der Waals surface area contributed by atoms with E-state index in [0.717, 1.165) is 17.7 Å². The first-order chi connectivity index (χ1) is 9.34. The molecule has 2 rings (SSSR count). The standard InChI is InChI=1S/C13H11F3N2OS/c1-8-6-11(19)18-12(17-8)20-7-9-2-4-10(5-3-9)13(14,15)16/h2-6H,7H2,1H3,(H,17,18,19). The van der Waals surface area contributed by atoms with Crippen molar-refractivity contribution in [1.82, 2.24) is 9.97 Å². The van der Waals surface area contributed by atoms with Crippen LogP contribution in [0.15, 0.2) is 40.3 Å². The van der Waals surface area contributed by atoms with Gasteiger partial charge in [0.25, 0.3) is 5.56 Å². The van der Waals surface area contributed by atoms with Crippen LogP contribution < -0.4 is 5.56 Å². The molecule has 0 saturated heterocycles. The average molecular weight is 300 g/mol. The Morgan fingerprint density at radius 3 is 2.45 bits per heavy atom. The lowest BCUT2D eigenvalue weighted by molar-refractivity contribution is -0.137. The van der Waals surface area contributed by atoms with Crippen molar-refractivity contribution in [3.05, 3.63) is 57.5 Å². The number of hydrogen-bond acceptors (Lipinski definition) is 3. The molecule has 1 N–H and O–H groups in total.